The molecule has 2 N–H and O–H groups in total. The molecule has 1 aliphatic rings. The summed E-state index contributed by atoms with van der Waals surface area (Å²) in [6.07, 6.45) is 2.13. The third-order valence-corrected chi connectivity index (χ3v) is 6.93. The van der Waals surface area contributed by atoms with Crippen LogP contribution in [0.15, 0.2) is 78.0 Å². The molecule has 218 valence electrons. The molecule has 3 aromatic rings. The predicted molar refractivity (Wildman–Crippen MR) is 144 cm³/mol. The quantitative estimate of drug-likeness (QED) is 0.168. The third kappa shape index (κ3) is 9.64. The number of alkyl halides is 3. The summed E-state index contributed by atoms with van der Waals surface area (Å²) in [6, 6.07) is 15.2. The number of hydrogen-bond acceptors (Lipinski definition) is 6. The number of hydrogen-bond donors (Lipinski definition) is 2. The van der Waals surface area contributed by atoms with Crippen molar-refractivity contribution in [1.29, 1.82) is 0 Å². The SMILES string of the molecule is O=C(O)CN(Cc1ccccn1)[C@H]1CCCCC1N(CC(O)=Nc1cccc(C(F)(F)F)c1)Cc1ccccn1.[Fe+2]. The predicted octanol–water partition coefficient (Wildman–Crippen LogP) is 5.48. The first-order valence-corrected chi connectivity index (χ1v) is 13.1. The molecule has 8 nitrogen and oxygen atoms in total. The Morgan fingerprint density at radius 2 is 1.41 bits per heavy atom. The molecule has 12 heteroatoms. The van der Waals surface area contributed by atoms with E-state index in [1.165, 1.54) is 12.1 Å². The van der Waals surface area contributed by atoms with Crippen molar-refractivity contribution in [3.63, 3.8) is 0 Å². The van der Waals surface area contributed by atoms with Gasteiger partial charge >= 0.3 is 29.2 Å². The first kappa shape index (κ1) is 32.2. The minimum Gasteiger partial charge on any atom is -0.495 e. The minimum atomic E-state index is -4.53. The number of rotatable bonds is 11. The van der Waals surface area contributed by atoms with E-state index in [0.717, 1.165) is 49.2 Å². The number of carbonyl (C=O) groups is 1. The molecule has 41 heavy (non-hydrogen) atoms. The molecular formula is C29H32F3FeN5O3+2. The van der Waals surface area contributed by atoms with Gasteiger partial charge in [0.05, 0.1) is 35.7 Å². The Morgan fingerprint density at radius 3 is 1.90 bits per heavy atom. The van der Waals surface area contributed by atoms with Crippen LogP contribution >= 0.6 is 0 Å². The van der Waals surface area contributed by atoms with Crippen LogP contribution in [0.2, 0.25) is 0 Å². The van der Waals surface area contributed by atoms with Crippen molar-refractivity contribution >= 4 is 17.6 Å². The number of halogens is 3. The van der Waals surface area contributed by atoms with Crippen LogP contribution < -0.4 is 0 Å². The first-order chi connectivity index (χ1) is 19.2. The second-order valence-electron chi connectivity index (χ2n) is 9.84. The first-order valence-electron chi connectivity index (χ1n) is 13.1. The van der Waals surface area contributed by atoms with E-state index in [1.807, 2.05) is 34.1 Å². The summed E-state index contributed by atoms with van der Waals surface area (Å²) in [5, 5.41) is 20.6. The maximum absolute atomic E-state index is 13.2. The fourth-order valence-corrected chi connectivity index (χ4v) is 5.22. The Morgan fingerprint density at radius 1 is 0.854 bits per heavy atom. The van der Waals surface area contributed by atoms with Gasteiger partial charge in [-0.05, 0) is 55.3 Å². The summed E-state index contributed by atoms with van der Waals surface area (Å²) < 4.78 is 39.6. The molecule has 2 atom stereocenters. The molecule has 2 aromatic heterocycles. The third-order valence-electron chi connectivity index (χ3n) is 6.93. The van der Waals surface area contributed by atoms with E-state index in [4.69, 9.17) is 0 Å². The maximum Gasteiger partial charge on any atom is 2.00 e. The van der Waals surface area contributed by atoms with E-state index >= 15 is 0 Å². The minimum absolute atomic E-state index is 0. The fourth-order valence-electron chi connectivity index (χ4n) is 5.22. The summed E-state index contributed by atoms with van der Waals surface area (Å²) in [5.41, 5.74) is 0.637. The number of pyridine rings is 2. The molecule has 0 radical (unpaired) electrons. The van der Waals surface area contributed by atoms with Gasteiger partial charge in [0.1, 0.15) is 0 Å². The van der Waals surface area contributed by atoms with Crippen LogP contribution in [-0.2, 0) is 41.1 Å². The van der Waals surface area contributed by atoms with Crippen LogP contribution in [0.25, 0.3) is 0 Å². The zero-order valence-corrected chi connectivity index (χ0v) is 23.4. The molecule has 1 unspecified atom stereocenters. The van der Waals surface area contributed by atoms with E-state index in [-0.39, 0.29) is 53.8 Å². The molecule has 1 aliphatic carbocycles. The standard InChI is InChI=1S/C29H32F3N5O3.Fe/c30-29(31,32)21-8-7-11-22(16-21)35-27(38)19-36(17-23-9-3-5-14-33-23)25-12-1-2-13-26(25)37(20-28(39)40)18-24-10-4-6-15-34-24;/h3-11,14-16,25-26H,1-2,12-13,17-20H2,(H,35,38)(H,39,40);/q;+2/t25?,26-;/m0./s1. The van der Waals surface area contributed by atoms with E-state index < -0.39 is 17.7 Å². The van der Waals surface area contributed by atoms with E-state index in [0.29, 0.717) is 13.1 Å². The number of carboxylic acid groups (broad SMARTS) is 1. The van der Waals surface area contributed by atoms with Crippen LogP contribution in [0.4, 0.5) is 18.9 Å². The number of nitrogens with zero attached hydrogens (tertiary/aromatic N) is 5. The molecular weight excluding hydrogens is 579 g/mol. The number of benzene rings is 1. The van der Waals surface area contributed by atoms with Gasteiger partial charge in [-0.15, -0.1) is 0 Å². The zero-order chi connectivity index (χ0) is 28.5. The summed E-state index contributed by atoms with van der Waals surface area (Å²) in [4.78, 5) is 28.7. The van der Waals surface area contributed by atoms with Crippen LogP contribution in [0.3, 0.4) is 0 Å². The van der Waals surface area contributed by atoms with Gasteiger partial charge in [-0.25, -0.2) is 4.99 Å². The number of aromatic nitrogens is 2. The maximum atomic E-state index is 13.2. The van der Waals surface area contributed by atoms with Crippen LogP contribution in [0, 0.1) is 0 Å². The van der Waals surface area contributed by atoms with Gasteiger partial charge in [0.2, 0.25) is 5.90 Å². The summed E-state index contributed by atoms with van der Waals surface area (Å²) in [6.45, 7) is 0.461. The van der Waals surface area contributed by atoms with Crippen molar-refractivity contribution in [3.05, 3.63) is 90.0 Å². The fraction of sp³-hybridized carbons (Fsp3) is 0.379. The molecule has 2 heterocycles. The molecule has 0 aliphatic heterocycles. The van der Waals surface area contributed by atoms with Crippen LogP contribution in [-0.4, -0.2) is 67.0 Å². The molecule has 1 aromatic carbocycles. The zero-order valence-electron chi connectivity index (χ0n) is 22.3. The molecule has 4 rings (SSSR count). The van der Waals surface area contributed by atoms with Crippen LogP contribution in [0.5, 0.6) is 0 Å². The number of aliphatic hydroxyl groups is 1. The van der Waals surface area contributed by atoms with Gasteiger partial charge in [-0.1, -0.05) is 31.0 Å². The van der Waals surface area contributed by atoms with Crippen molar-refractivity contribution in [2.24, 2.45) is 4.99 Å². The van der Waals surface area contributed by atoms with Crippen LogP contribution in [0.1, 0.15) is 42.6 Å². The summed E-state index contributed by atoms with van der Waals surface area (Å²) in [7, 11) is 0. The van der Waals surface area contributed by atoms with Crippen molar-refractivity contribution in [1.82, 2.24) is 19.8 Å². The second-order valence-corrected chi connectivity index (χ2v) is 9.84. The Bertz CT molecular complexity index is 1280. The Kier molecular flexibility index (Phi) is 11.8. The van der Waals surface area contributed by atoms with Gasteiger partial charge in [0, 0.05) is 37.6 Å². The summed E-state index contributed by atoms with van der Waals surface area (Å²) in [5.74, 6) is -1.29. The molecule has 0 saturated heterocycles. The smallest absolute Gasteiger partial charge is 0.495 e. The number of carboxylic acids is 1. The summed E-state index contributed by atoms with van der Waals surface area (Å²) >= 11 is 0. The normalized spacial score (nSPS) is 17.8. The number of aliphatic hydroxyl groups excluding tert-OH is 1. The molecule has 0 spiro atoms. The number of aliphatic imine (C=N–C) groups is 1. The van der Waals surface area contributed by atoms with E-state index in [2.05, 4.69) is 15.0 Å². The van der Waals surface area contributed by atoms with Gasteiger partial charge in [0.25, 0.3) is 0 Å². The monoisotopic (exact) mass is 611 g/mol. The average molecular weight is 611 g/mol. The number of aliphatic carboxylic acids is 1. The van der Waals surface area contributed by atoms with Crippen molar-refractivity contribution in [2.45, 2.75) is 57.0 Å². The molecule has 1 fully saturated rings. The van der Waals surface area contributed by atoms with Gasteiger partial charge in [-0.2, -0.15) is 13.2 Å². The van der Waals surface area contributed by atoms with Gasteiger partial charge < -0.3 is 10.2 Å². The molecule has 0 amide bonds. The second kappa shape index (κ2) is 15.1. The molecule has 1 saturated carbocycles. The van der Waals surface area contributed by atoms with Crippen molar-refractivity contribution in [3.8, 4) is 0 Å². The van der Waals surface area contributed by atoms with Crippen molar-refractivity contribution < 1.29 is 45.2 Å². The Hall–Kier alpha value is -3.31. The van der Waals surface area contributed by atoms with Gasteiger partial charge in [0.15, 0.2) is 0 Å². The van der Waals surface area contributed by atoms with E-state index in [1.54, 1.807) is 24.5 Å². The van der Waals surface area contributed by atoms with Gasteiger partial charge in [-0.3, -0.25) is 24.6 Å². The molecule has 0 bridgehead atoms. The Balaban J connectivity index is 0.00000462. The average Bonchev–Trinajstić information content (AvgIpc) is 2.93. The van der Waals surface area contributed by atoms with Crippen molar-refractivity contribution in [2.75, 3.05) is 13.1 Å². The topological polar surface area (TPSA) is 102 Å². The van der Waals surface area contributed by atoms with E-state index in [9.17, 15) is 28.2 Å². The largest absolute Gasteiger partial charge is 2.00 e. The Labute approximate surface area is 247 Å².